The fraction of sp³-hybridized carbons (Fsp3) is 0.143. The first-order valence-corrected chi connectivity index (χ1v) is 3.21. The molecule has 1 heterocycles. The van der Waals surface area contributed by atoms with Crippen LogP contribution in [0.4, 0.5) is 11.5 Å². The maximum Gasteiger partial charge on any atom is 0.161 e. The van der Waals surface area contributed by atoms with Crippen LogP contribution >= 0.6 is 0 Å². The lowest BCUT2D eigenvalue weighted by molar-refractivity contribution is -0.102. The number of rotatable bonds is 3. The lowest BCUT2D eigenvalue weighted by Crippen LogP contribution is -1.84. The molecule has 1 aromatic rings. The largest absolute Gasteiger partial charge is 0.385 e. The lowest BCUT2D eigenvalue weighted by Gasteiger charge is -1.94. The first-order valence-electron chi connectivity index (χ1n) is 3.21. The summed E-state index contributed by atoms with van der Waals surface area (Å²) in [5.41, 5.74) is 0.878. The summed E-state index contributed by atoms with van der Waals surface area (Å²) in [6, 6.07) is 1.84. The molecule has 0 bridgehead atoms. The molecule has 0 fully saturated rings. The number of aromatic amines is 1. The fourth-order valence-corrected chi connectivity index (χ4v) is 0.774. The van der Waals surface area contributed by atoms with E-state index in [1.807, 2.05) is 6.07 Å². The van der Waals surface area contributed by atoms with Crippen molar-refractivity contribution in [3.8, 4) is 0 Å². The number of aromatic nitrogens is 1. The molecular weight excluding hydrogens is 142 g/mol. The van der Waals surface area contributed by atoms with Crippen molar-refractivity contribution in [1.82, 2.24) is 4.98 Å². The number of carbonyl (C=O) groups excluding carboxylic acids is 1. The summed E-state index contributed by atoms with van der Waals surface area (Å²) in [6.45, 7) is 0. The molecular formula is C7H9N3O. The second-order valence-electron chi connectivity index (χ2n) is 1.90. The molecule has 0 aromatic carbocycles. The highest BCUT2D eigenvalue weighted by molar-refractivity contribution is 6.13. The molecule has 2 N–H and O–H groups in total. The van der Waals surface area contributed by atoms with E-state index in [1.54, 1.807) is 13.2 Å². The van der Waals surface area contributed by atoms with Crippen molar-refractivity contribution in [2.24, 2.45) is 4.99 Å². The van der Waals surface area contributed by atoms with Crippen LogP contribution in [0.25, 0.3) is 0 Å². The summed E-state index contributed by atoms with van der Waals surface area (Å²) in [7, 11) is 1.79. The van der Waals surface area contributed by atoms with Gasteiger partial charge in [0.25, 0.3) is 0 Å². The van der Waals surface area contributed by atoms with Crippen LogP contribution < -0.4 is 5.32 Å². The monoisotopic (exact) mass is 151 g/mol. The highest BCUT2D eigenvalue weighted by atomic mass is 16.1. The molecule has 1 rings (SSSR count). The highest BCUT2D eigenvalue weighted by Gasteiger charge is 1.96. The standard InChI is InChI=1S/C7H9N3O/c1-8-6-2-3-9-7(6)10-4-5-11/h2-5,8-9H,1H3/b10-4-. The minimum atomic E-state index is 0.639. The third-order valence-corrected chi connectivity index (χ3v) is 1.26. The molecule has 0 unspecified atom stereocenters. The number of hydrogen-bond donors (Lipinski definition) is 2. The summed E-state index contributed by atoms with van der Waals surface area (Å²) in [5.74, 6) is 0.666. The van der Waals surface area contributed by atoms with E-state index >= 15 is 0 Å². The zero-order valence-electron chi connectivity index (χ0n) is 6.16. The number of hydrogen-bond acceptors (Lipinski definition) is 3. The van der Waals surface area contributed by atoms with Gasteiger partial charge in [0.15, 0.2) is 12.1 Å². The van der Waals surface area contributed by atoms with Gasteiger partial charge in [0.2, 0.25) is 0 Å². The van der Waals surface area contributed by atoms with Crippen LogP contribution in [0.5, 0.6) is 0 Å². The van der Waals surface area contributed by atoms with Crippen molar-refractivity contribution in [2.45, 2.75) is 0 Å². The highest BCUT2D eigenvalue weighted by Crippen LogP contribution is 2.20. The predicted molar refractivity (Wildman–Crippen MR) is 44.6 cm³/mol. The fourth-order valence-electron chi connectivity index (χ4n) is 0.774. The third-order valence-electron chi connectivity index (χ3n) is 1.26. The quantitative estimate of drug-likeness (QED) is 0.499. The molecule has 1 aromatic heterocycles. The molecule has 0 saturated carbocycles. The van der Waals surface area contributed by atoms with Gasteiger partial charge in [-0.3, -0.25) is 4.79 Å². The number of anilines is 1. The summed E-state index contributed by atoms with van der Waals surface area (Å²) >= 11 is 0. The van der Waals surface area contributed by atoms with Gasteiger partial charge in [-0.25, -0.2) is 4.99 Å². The Balaban J connectivity index is 2.84. The number of nitrogens with zero attached hydrogens (tertiary/aromatic N) is 1. The summed E-state index contributed by atoms with van der Waals surface area (Å²) in [4.78, 5) is 16.6. The second kappa shape index (κ2) is 3.55. The number of H-pyrrole nitrogens is 1. The van der Waals surface area contributed by atoms with Crippen LogP contribution in [0, 0.1) is 0 Å². The van der Waals surface area contributed by atoms with Crippen molar-refractivity contribution < 1.29 is 4.79 Å². The SMILES string of the molecule is CNc1cc[nH]c1/N=C\C=O. The van der Waals surface area contributed by atoms with Crippen molar-refractivity contribution >= 4 is 24.0 Å². The molecule has 0 aliphatic rings. The van der Waals surface area contributed by atoms with Crippen molar-refractivity contribution in [3.05, 3.63) is 12.3 Å². The average molecular weight is 151 g/mol. The van der Waals surface area contributed by atoms with Gasteiger partial charge < -0.3 is 10.3 Å². The average Bonchev–Trinajstić information content (AvgIpc) is 2.47. The van der Waals surface area contributed by atoms with E-state index in [-0.39, 0.29) is 0 Å². The Hall–Kier alpha value is -1.58. The summed E-state index contributed by atoms with van der Waals surface area (Å²) < 4.78 is 0. The van der Waals surface area contributed by atoms with Crippen LogP contribution in [0.1, 0.15) is 0 Å². The molecule has 0 aliphatic carbocycles. The van der Waals surface area contributed by atoms with Crippen LogP contribution in [-0.4, -0.2) is 24.5 Å². The Bertz CT molecular complexity index is 264. The number of carbonyl (C=O) groups is 1. The number of nitrogens with one attached hydrogen (secondary N) is 2. The molecule has 4 heteroatoms. The Labute approximate surface area is 64.3 Å². The first-order chi connectivity index (χ1) is 5.38. The van der Waals surface area contributed by atoms with Crippen LogP contribution in [0.2, 0.25) is 0 Å². The van der Waals surface area contributed by atoms with E-state index in [2.05, 4.69) is 15.3 Å². The minimum Gasteiger partial charge on any atom is -0.385 e. The van der Waals surface area contributed by atoms with Gasteiger partial charge >= 0.3 is 0 Å². The summed E-state index contributed by atoms with van der Waals surface area (Å²) in [6.07, 6.45) is 3.59. The van der Waals surface area contributed by atoms with Gasteiger partial charge in [-0.2, -0.15) is 0 Å². The first kappa shape index (κ1) is 7.53. The van der Waals surface area contributed by atoms with Crippen LogP contribution in [0.3, 0.4) is 0 Å². The van der Waals surface area contributed by atoms with E-state index in [4.69, 9.17) is 0 Å². The molecule has 4 nitrogen and oxygen atoms in total. The smallest absolute Gasteiger partial charge is 0.161 e. The Kier molecular flexibility index (Phi) is 2.43. The molecule has 58 valence electrons. The second-order valence-corrected chi connectivity index (χ2v) is 1.90. The Morgan fingerprint density at radius 2 is 2.55 bits per heavy atom. The molecule has 11 heavy (non-hydrogen) atoms. The molecule has 0 saturated heterocycles. The van der Waals surface area contributed by atoms with E-state index in [0.717, 1.165) is 5.69 Å². The van der Waals surface area contributed by atoms with E-state index in [1.165, 1.54) is 6.21 Å². The zero-order valence-corrected chi connectivity index (χ0v) is 6.16. The van der Waals surface area contributed by atoms with Crippen molar-refractivity contribution in [3.63, 3.8) is 0 Å². The topological polar surface area (TPSA) is 57.2 Å². The van der Waals surface area contributed by atoms with E-state index in [9.17, 15) is 4.79 Å². The molecule has 0 spiro atoms. The van der Waals surface area contributed by atoms with Crippen molar-refractivity contribution in [2.75, 3.05) is 12.4 Å². The van der Waals surface area contributed by atoms with Crippen LogP contribution in [-0.2, 0) is 4.79 Å². The van der Waals surface area contributed by atoms with E-state index in [0.29, 0.717) is 12.1 Å². The lowest BCUT2D eigenvalue weighted by atomic mass is 10.5. The van der Waals surface area contributed by atoms with Gasteiger partial charge in [0.1, 0.15) is 0 Å². The van der Waals surface area contributed by atoms with Gasteiger partial charge in [0, 0.05) is 13.2 Å². The normalized spacial score (nSPS) is 10.3. The van der Waals surface area contributed by atoms with Gasteiger partial charge in [-0.1, -0.05) is 0 Å². The minimum absolute atomic E-state index is 0.639. The van der Waals surface area contributed by atoms with Crippen molar-refractivity contribution in [1.29, 1.82) is 0 Å². The number of aliphatic imine (C=N–C) groups is 1. The van der Waals surface area contributed by atoms with Gasteiger partial charge in [-0.15, -0.1) is 0 Å². The zero-order chi connectivity index (χ0) is 8.10. The third kappa shape index (κ3) is 1.67. The molecule has 0 aliphatic heterocycles. The van der Waals surface area contributed by atoms with Gasteiger partial charge in [-0.05, 0) is 6.07 Å². The Morgan fingerprint density at radius 3 is 3.18 bits per heavy atom. The Morgan fingerprint density at radius 1 is 1.73 bits per heavy atom. The van der Waals surface area contributed by atoms with Crippen LogP contribution in [0.15, 0.2) is 17.3 Å². The summed E-state index contributed by atoms with van der Waals surface area (Å²) in [5, 5.41) is 2.92. The molecule has 0 atom stereocenters. The molecule has 0 amide bonds. The molecule has 0 radical (unpaired) electrons. The maximum atomic E-state index is 9.92. The number of aldehydes is 1. The van der Waals surface area contributed by atoms with Gasteiger partial charge in [0.05, 0.1) is 11.9 Å². The maximum absolute atomic E-state index is 9.92. The van der Waals surface area contributed by atoms with E-state index < -0.39 is 0 Å². The predicted octanol–water partition coefficient (Wildman–Crippen LogP) is 0.958.